The molecule has 4 nitrogen and oxygen atoms in total. The summed E-state index contributed by atoms with van der Waals surface area (Å²) in [6.07, 6.45) is 3.05. The van der Waals surface area contributed by atoms with Crippen molar-refractivity contribution in [3.05, 3.63) is 81.9 Å². The van der Waals surface area contributed by atoms with Gasteiger partial charge in [-0.1, -0.05) is 53.0 Å². The fourth-order valence-electron chi connectivity index (χ4n) is 2.53. The summed E-state index contributed by atoms with van der Waals surface area (Å²) in [4.78, 5) is 17.0. The van der Waals surface area contributed by atoms with Crippen LogP contribution in [0.4, 0.5) is 0 Å². The number of aromatic nitrogens is 3. The molecular weight excluding hydrogens is 381 g/mol. The van der Waals surface area contributed by atoms with Gasteiger partial charge < -0.3 is 0 Å². The van der Waals surface area contributed by atoms with E-state index in [-0.39, 0.29) is 18.2 Å². The van der Waals surface area contributed by atoms with Gasteiger partial charge in [0.25, 0.3) is 0 Å². The molecule has 1 atom stereocenters. The maximum Gasteiger partial charge on any atom is 0.173 e. The second-order valence-corrected chi connectivity index (χ2v) is 6.41. The molecule has 130 valence electrons. The number of Topliss-reactive ketones (excluding diaryl/α,β-unsaturated/α-hetero) is 1. The highest BCUT2D eigenvalue weighted by molar-refractivity contribution is 6.37. The van der Waals surface area contributed by atoms with E-state index in [4.69, 9.17) is 23.2 Å². The number of nitrogens with zero attached hydrogens (tertiary/aromatic N) is 3. The zero-order valence-corrected chi connectivity index (χ0v) is 15.7. The van der Waals surface area contributed by atoms with Gasteiger partial charge in [0.2, 0.25) is 0 Å². The van der Waals surface area contributed by atoms with Gasteiger partial charge in [-0.15, -0.1) is 12.4 Å². The molecule has 0 saturated carbocycles. The SMILES string of the molecule is Cc1ccc(C(Cn2cncn2)C(=O)c2ccc(Cl)cc2Cl)cc1.Cl. The molecule has 0 radical (unpaired) electrons. The van der Waals surface area contributed by atoms with Gasteiger partial charge in [-0.2, -0.15) is 5.10 Å². The maximum atomic E-state index is 13.1. The van der Waals surface area contributed by atoms with Crippen molar-refractivity contribution in [1.29, 1.82) is 0 Å². The molecule has 1 aromatic heterocycles. The van der Waals surface area contributed by atoms with E-state index in [0.717, 1.165) is 11.1 Å². The molecule has 0 spiro atoms. The molecule has 25 heavy (non-hydrogen) atoms. The van der Waals surface area contributed by atoms with E-state index >= 15 is 0 Å². The first-order valence-corrected chi connectivity index (χ1v) is 8.18. The van der Waals surface area contributed by atoms with Crippen molar-refractivity contribution >= 4 is 41.4 Å². The molecule has 7 heteroatoms. The van der Waals surface area contributed by atoms with Gasteiger partial charge in [-0.3, -0.25) is 9.48 Å². The molecule has 0 N–H and O–H groups in total. The smallest absolute Gasteiger partial charge is 0.173 e. The van der Waals surface area contributed by atoms with E-state index in [1.807, 2.05) is 31.2 Å². The number of carbonyl (C=O) groups is 1. The number of hydrogen-bond acceptors (Lipinski definition) is 3. The van der Waals surface area contributed by atoms with Gasteiger partial charge >= 0.3 is 0 Å². The third-order valence-corrected chi connectivity index (χ3v) is 4.38. The van der Waals surface area contributed by atoms with Crippen LogP contribution in [0.2, 0.25) is 10.0 Å². The first kappa shape index (κ1) is 19.4. The van der Waals surface area contributed by atoms with Crippen LogP contribution >= 0.6 is 35.6 Å². The van der Waals surface area contributed by atoms with Gasteiger partial charge in [0.05, 0.1) is 17.5 Å². The molecule has 1 heterocycles. The van der Waals surface area contributed by atoms with Crippen LogP contribution in [0.1, 0.15) is 27.4 Å². The summed E-state index contributed by atoms with van der Waals surface area (Å²) in [6.45, 7) is 2.40. The van der Waals surface area contributed by atoms with Crippen molar-refractivity contribution in [1.82, 2.24) is 14.8 Å². The highest BCUT2D eigenvalue weighted by Crippen LogP contribution is 2.28. The van der Waals surface area contributed by atoms with E-state index in [1.54, 1.807) is 29.2 Å². The summed E-state index contributed by atoms with van der Waals surface area (Å²) in [5.74, 6) is -0.484. The quantitative estimate of drug-likeness (QED) is 0.571. The molecule has 0 amide bonds. The number of halogens is 3. The monoisotopic (exact) mass is 395 g/mol. The van der Waals surface area contributed by atoms with Crippen LogP contribution in [0.25, 0.3) is 0 Å². The minimum Gasteiger partial charge on any atom is -0.293 e. The van der Waals surface area contributed by atoms with Crippen molar-refractivity contribution in [3.63, 3.8) is 0 Å². The maximum absolute atomic E-state index is 13.1. The van der Waals surface area contributed by atoms with E-state index in [2.05, 4.69) is 10.1 Å². The first-order chi connectivity index (χ1) is 11.5. The van der Waals surface area contributed by atoms with Gasteiger partial charge in [0.1, 0.15) is 12.7 Å². The summed E-state index contributed by atoms with van der Waals surface area (Å²) < 4.78 is 1.65. The van der Waals surface area contributed by atoms with Crippen LogP contribution in [0, 0.1) is 6.92 Å². The predicted octanol–water partition coefficient (Wildman–Crippen LogP) is 4.98. The van der Waals surface area contributed by atoms with E-state index < -0.39 is 5.92 Å². The second-order valence-electron chi connectivity index (χ2n) is 5.57. The van der Waals surface area contributed by atoms with Crippen LogP contribution in [0.15, 0.2) is 55.1 Å². The molecule has 0 aliphatic heterocycles. The van der Waals surface area contributed by atoms with Crippen molar-refractivity contribution in [2.45, 2.75) is 19.4 Å². The number of hydrogen-bond donors (Lipinski definition) is 0. The molecular formula is C18H16Cl3N3O. The van der Waals surface area contributed by atoms with Crippen molar-refractivity contribution in [2.24, 2.45) is 0 Å². The zero-order valence-electron chi connectivity index (χ0n) is 13.4. The Kier molecular flexibility index (Phi) is 6.59. The van der Waals surface area contributed by atoms with Gasteiger partial charge in [0.15, 0.2) is 5.78 Å². The minimum absolute atomic E-state index is 0. The molecule has 3 rings (SSSR count). The third-order valence-electron chi connectivity index (χ3n) is 3.83. The average Bonchev–Trinajstić information content (AvgIpc) is 3.06. The van der Waals surface area contributed by atoms with Crippen molar-refractivity contribution in [3.8, 4) is 0 Å². The zero-order chi connectivity index (χ0) is 17.1. The molecule has 0 aliphatic rings. The number of carbonyl (C=O) groups excluding carboxylic acids is 1. The number of benzene rings is 2. The summed E-state index contributed by atoms with van der Waals surface area (Å²) in [5, 5.41) is 4.96. The molecule has 0 aliphatic carbocycles. The molecule has 2 aromatic carbocycles. The lowest BCUT2D eigenvalue weighted by Gasteiger charge is -2.17. The Morgan fingerprint density at radius 1 is 1.16 bits per heavy atom. The number of aryl methyl sites for hydroxylation is 1. The van der Waals surface area contributed by atoms with Crippen LogP contribution < -0.4 is 0 Å². The van der Waals surface area contributed by atoms with Crippen LogP contribution in [-0.2, 0) is 6.54 Å². The minimum atomic E-state index is -0.411. The Morgan fingerprint density at radius 2 is 1.88 bits per heavy atom. The molecule has 0 fully saturated rings. The summed E-state index contributed by atoms with van der Waals surface area (Å²) in [5.41, 5.74) is 2.49. The van der Waals surface area contributed by atoms with E-state index in [0.29, 0.717) is 22.2 Å². The third kappa shape index (κ3) is 4.60. The lowest BCUT2D eigenvalue weighted by atomic mass is 9.90. The highest BCUT2D eigenvalue weighted by atomic mass is 35.5. The fraction of sp³-hybridized carbons (Fsp3) is 0.167. The number of rotatable bonds is 5. The topological polar surface area (TPSA) is 47.8 Å². The van der Waals surface area contributed by atoms with Crippen molar-refractivity contribution < 1.29 is 4.79 Å². The Morgan fingerprint density at radius 3 is 2.48 bits per heavy atom. The summed E-state index contributed by atoms with van der Waals surface area (Å²) in [6, 6.07) is 12.8. The number of ketones is 1. The first-order valence-electron chi connectivity index (χ1n) is 7.43. The summed E-state index contributed by atoms with van der Waals surface area (Å²) in [7, 11) is 0. The Bertz CT molecular complexity index is 849. The molecule has 1 unspecified atom stereocenters. The van der Waals surface area contributed by atoms with Crippen LogP contribution in [0.3, 0.4) is 0 Å². The Hall–Kier alpha value is -1.88. The van der Waals surface area contributed by atoms with Crippen molar-refractivity contribution in [2.75, 3.05) is 0 Å². The standard InChI is InChI=1S/C18H15Cl2N3O.ClH/c1-12-2-4-13(5-3-12)16(9-23-11-21-10-22-23)18(24)15-7-6-14(19)8-17(15)20;/h2-8,10-11,16H,9H2,1H3;1H. The van der Waals surface area contributed by atoms with E-state index in [9.17, 15) is 4.79 Å². The van der Waals surface area contributed by atoms with Gasteiger partial charge in [0, 0.05) is 10.6 Å². The van der Waals surface area contributed by atoms with Crippen LogP contribution in [0.5, 0.6) is 0 Å². The Labute approximate surface area is 162 Å². The highest BCUT2D eigenvalue weighted by Gasteiger charge is 2.25. The largest absolute Gasteiger partial charge is 0.293 e. The second kappa shape index (κ2) is 8.48. The summed E-state index contributed by atoms with van der Waals surface area (Å²) >= 11 is 12.2. The van der Waals surface area contributed by atoms with E-state index in [1.165, 1.54) is 6.33 Å². The molecule has 0 bridgehead atoms. The van der Waals surface area contributed by atoms with Gasteiger partial charge in [-0.05, 0) is 30.7 Å². The fourth-order valence-corrected chi connectivity index (χ4v) is 3.03. The predicted molar refractivity (Wildman–Crippen MR) is 102 cm³/mol. The normalized spacial score (nSPS) is 11.6. The lowest BCUT2D eigenvalue weighted by Crippen LogP contribution is -2.20. The molecule has 3 aromatic rings. The lowest BCUT2D eigenvalue weighted by molar-refractivity contribution is 0.0949. The van der Waals surface area contributed by atoms with Gasteiger partial charge in [-0.25, -0.2) is 4.98 Å². The van der Waals surface area contributed by atoms with Crippen LogP contribution in [-0.4, -0.2) is 20.5 Å². The average molecular weight is 397 g/mol. The molecule has 0 saturated heterocycles. The Balaban J connectivity index is 0.00000225.